The lowest BCUT2D eigenvalue weighted by molar-refractivity contribution is 0.100. The van der Waals surface area contributed by atoms with Crippen molar-refractivity contribution in [2.24, 2.45) is 5.73 Å². The number of rotatable bonds is 1. The molecule has 2 heterocycles. The zero-order valence-electron chi connectivity index (χ0n) is 8.97. The highest BCUT2D eigenvalue weighted by Crippen LogP contribution is 2.37. The number of carbonyl (C=O) groups excluding carboxylic acids is 1. The van der Waals surface area contributed by atoms with Gasteiger partial charge in [0.25, 0.3) is 0 Å². The molecule has 2 aromatic rings. The van der Waals surface area contributed by atoms with E-state index in [9.17, 15) is 4.79 Å². The Bertz CT molecular complexity index is 610. The van der Waals surface area contributed by atoms with Crippen molar-refractivity contribution in [3.8, 4) is 11.5 Å². The zero-order chi connectivity index (χ0) is 11.8. The van der Waals surface area contributed by atoms with Crippen LogP contribution >= 0.6 is 0 Å². The summed E-state index contributed by atoms with van der Waals surface area (Å²) in [6.07, 6.45) is 1.54. The van der Waals surface area contributed by atoms with Crippen molar-refractivity contribution >= 4 is 16.8 Å². The smallest absolute Gasteiger partial charge is 0.249 e. The molecule has 3 rings (SSSR count). The Labute approximate surface area is 97.2 Å². The highest BCUT2D eigenvalue weighted by molar-refractivity contribution is 6.07. The van der Waals surface area contributed by atoms with E-state index in [1.54, 1.807) is 24.4 Å². The van der Waals surface area contributed by atoms with Crippen LogP contribution in [0.3, 0.4) is 0 Å². The third-order valence-corrected chi connectivity index (χ3v) is 2.68. The van der Waals surface area contributed by atoms with E-state index in [2.05, 4.69) is 4.98 Å². The molecule has 86 valence electrons. The van der Waals surface area contributed by atoms with E-state index in [1.807, 2.05) is 0 Å². The molecule has 0 fully saturated rings. The Kier molecular flexibility index (Phi) is 2.11. The lowest BCUT2D eigenvalue weighted by atomic mass is 10.1. The van der Waals surface area contributed by atoms with Gasteiger partial charge in [-0.2, -0.15) is 0 Å². The van der Waals surface area contributed by atoms with Crippen LogP contribution in [0.15, 0.2) is 24.4 Å². The highest BCUT2D eigenvalue weighted by Gasteiger charge is 2.18. The van der Waals surface area contributed by atoms with E-state index in [4.69, 9.17) is 15.2 Å². The fourth-order valence-corrected chi connectivity index (χ4v) is 1.94. The summed E-state index contributed by atoms with van der Waals surface area (Å²) in [7, 11) is 0. The quantitative estimate of drug-likeness (QED) is 0.796. The Morgan fingerprint density at radius 3 is 2.88 bits per heavy atom. The summed E-state index contributed by atoms with van der Waals surface area (Å²) in [4.78, 5) is 15.5. The summed E-state index contributed by atoms with van der Waals surface area (Å²) < 4.78 is 11.0. The Hall–Kier alpha value is -2.30. The maximum Gasteiger partial charge on any atom is 0.249 e. The van der Waals surface area contributed by atoms with Crippen LogP contribution in [0.4, 0.5) is 0 Å². The van der Waals surface area contributed by atoms with Gasteiger partial charge in [0.1, 0.15) is 18.7 Å². The number of ether oxygens (including phenoxy) is 2. The molecule has 5 nitrogen and oxygen atoms in total. The van der Waals surface area contributed by atoms with Crippen molar-refractivity contribution in [1.29, 1.82) is 0 Å². The number of hydrogen-bond acceptors (Lipinski definition) is 4. The molecule has 0 aliphatic carbocycles. The summed E-state index contributed by atoms with van der Waals surface area (Å²) in [6, 6.07) is 5.14. The second-order valence-corrected chi connectivity index (χ2v) is 3.71. The van der Waals surface area contributed by atoms with Crippen LogP contribution in [0.25, 0.3) is 10.9 Å². The second-order valence-electron chi connectivity index (χ2n) is 3.71. The Morgan fingerprint density at radius 2 is 2.06 bits per heavy atom. The third-order valence-electron chi connectivity index (χ3n) is 2.68. The van der Waals surface area contributed by atoms with Crippen molar-refractivity contribution in [2.75, 3.05) is 13.2 Å². The van der Waals surface area contributed by atoms with Gasteiger partial charge in [0.05, 0.1) is 5.56 Å². The first-order valence-corrected chi connectivity index (χ1v) is 5.24. The predicted octanol–water partition coefficient (Wildman–Crippen LogP) is 1.10. The monoisotopic (exact) mass is 230 g/mol. The van der Waals surface area contributed by atoms with Gasteiger partial charge in [-0.1, -0.05) is 0 Å². The summed E-state index contributed by atoms with van der Waals surface area (Å²) in [5.74, 6) is 0.754. The molecule has 1 aliphatic rings. The molecule has 17 heavy (non-hydrogen) atoms. The van der Waals surface area contributed by atoms with Crippen molar-refractivity contribution in [1.82, 2.24) is 4.98 Å². The van der Waals surface area contributed by atoms with Gasteiger partial charge in [-0.05, 0) is 18.2 Å². The first-order chi connectivity index (χ1) is 8.27. The largest absolute Gasteiger partial charge is 0.486 e. The number of fused-ring (bicyclic) bond motifs is 3. The molecule has 0 radical (unpaired) electrons. The maximum absolute atomic E-state index is 11.3. The summed E-state index contributed by atoms with van der Waals surface area (Å²) in [6.45, 7) is 1.00. The average Bonchev–Trinajstić information content (AvgIpc) is 2.37. The first kappa shape index (κ1) is 9.89. The molecule has 1 aliphatic heterocycles. The van der Waals surface area contributed by atoms with E-state index in [0.29, 0.717) is 41.2 Å². The molecule has 0 saturated carbocycles. The van der Waals surface area contributed by atoms with E-state index in [0.717, 1.165) is 0 Å². The number of hydrogen-bond donors (Lipinski definition) is 1. The van der Waals surface area contributed by atoms with Crippen LogP contribution in [0.5, 0.6) is 11.5 Å². The van der Waals surface area contributed by atoms with E-state index in [1.165, 1.54) is 0 Å². The number of nitrogens with two attached hydrogens (primary N) is 1. The normalized spacial score (nSPS) is 13.6. The lowest BCUT2D eigenvalue weighted by Gasteiger charge is -2.19. The summed E-state index contributed by atoms with van der Waals surface area (Å²) >= 11 is 0. The van der Waals surface area contributed by atoms with Gasteiger partial charge in [0, 0.05) is 11.6 Å². The number of benzene rings is 1. The van der Waals surface area contributed by atoms with Gasteiger partial charge >= 0.3 is 0 Å². The topological polar surface area (TPSA) is 74.4 Å². The maximum atomic E-state index is 11.3. The molecular weight excluding hydrogens is 220 g/mol. The zero-order valence-corrected chi connectivity index (χ0v) is 8.97. The molecule has 1 aromatic carbocycles. The molecule has 0 spiro atoms. The average molecular weight is 230 g/mol. The van der Waals surface area contributed by atoms with Crippen molar-refractivity contribution in [3.63, 3.8) is 0 Å². The van der Waals surface area contributed by atoms with E-state index in [-0.39, 0.29) is 0 Å². The second kappa shape index (κ2) is 3.62. The minimum absolute atomic E-state index is 0.437. The number of carbonyl (C=O) groups is 1. The lowest BCUT2D eigenvalue weighted by Crippen LogP contribution is -2.16. The van der Waals surface area contributed by atoms with Crippen LogP contribution in [0.2, 0.25) is 0 Å². The Morgan fingerprint density at radius 1 is 1.24 bits per heavy atom. The van der Waals surface area contributed by atoms with Gasteiger partial charge in [-0.15, -0.1) is 0 Å². The van der Waals surface area contributed by atoms with E-state index >= 15 is 0 Å². The molecule has 0 saturated heterocycles. The molecule has 0 atom stereocenters. The molecule has 0 unspecified atom stereocenters. The number of nitrogens with zero attached hydrogens (tertiary/aromatic N) is 1. The van der Waals surface area contributed by atoms with Crippen molar-refractivity contribution in [2.45, 2.75) is 0 Å². The Balaban J connectivity index is 2.34. The fourth-order valence-electron chi connectivity index (χ4n) is 1.94. The summed E-state index contributed by atoms with van der Waals surface area (Å²) in [5, 5.41) is 0.684. The first-order valence-electron chi connectivity index (χ1n) is 5.24. The summed E-state index contributed by atoms with van der Waals surface area (Å²) in [5.41, 5.74) is 6.36. The molecule has 1 aromatic heterocycles. The van der Waals surface area contributed by atoms with Crippen molar-refractivity contribution in [3.05, 3.63) is 30.0 Å². The minimum Gasteiger partial charge on any atom is -0.486 e. The molecule has 0 bridgehead atoms. The standard InChI is InChI=1S/C12H10N2O3/c13-12(15)8-3-4-14-10-7(8)1-2-9-11(10)17-6-5-16-9/h1-4H,5-6H2,(H2,13,15). The third kappa shape index (κ3) is 1.47. The van der Waals surface area contributed by atoms with Gasteiger partial charge in [0.15, 0.2) is 11.5 Å². The van der Waals surface area contributed by atoms with Crippen LogP contribution in [0.1, 0.15) is 10.4 Å². The predicted molar refractivity (Wildman–Crippen MR) is 61.3 cm³/mol. The number of aromatic nitrogens is 1. The minimum atomic E-state index is -0.478. The number of amides is 1. The van der Waals surface area contributed by atoms with Crippen molar-refractivity contribution < 1.29 is 14.3 Å². The van der Waals surface area contributed by atoms with Crippen LogP contribution < -0.4 is 15.2 Å². The van der Waals surface area contributed by atoms with Gasteiger partial charge in [0.2, 0.25) is 5.91 Å². The molecular formula is C12H10N2O3. The van der Waals surface area contributed by atoms with E-state index < -0.39 is 5.91 Å². The number of primary amides is 1. The molecule has 1 amide bonds. The highest BCUT2D eigenvalue weighted by atomic mass is 16.6. The number of pyridine rings is 1. The molecule has 2 N–H and O–H groups in total. The fraction of sp³-hybridized carbons (Fsp3) is 0.167. The van der Waals surface area contributed by atoms with Crippen LogP contribution in [-0.2, 0) is 0 Å². The molecule has 5 heteroatoms. The van der Waals surface area contributed by atoms with Crippen LogP contribution in [0, 0.1) is 0 Å². The van der Waals surface area contributed by atoms with Gasteiger partial charge in [-0.25, -0.2) is 0 Å². The van der Waals surface area contributed by atoms with Crippen LogP contribution in [-0.4, -0.2) is 24.1 Å². The SMILES string of the molecule is NC(=O)c1ccnc2c3c(ccc12)OCCO3. The van der Waals surface area contributed by atoms with Gasteiger partial charge in [-0.3, -0.25) is 9.78 Å². The van der Waals surface area contributed by atoms with Gasteiger partial charge < -0.3 is 15.2 Å².